The molecule has 0 heterocycles. The van der Waals surface area contributed by atoms with Crippen LogP contribution in [0.25, 0.3) is 0 Å². The Hall–Kier alpha value is -2.71. The number of ether oxygens (including phenoxy) is 1. The summed E-state index contributed by atoms with van der Waals surface area (Å²) in [5.74, 6) is -1.34. The third-order valence-electron chi connectivity index (χ3n) is 3.87. The first-order valence-electron chi connectivity index (χ1n) is 8.32. The van der Waals surface area contributed by atoms with E-state index in [0.29, 0.717) is 5.69 Å². The highest BCUT2D eigenvalue weighted by Crippen LogP contribution is 2.19. The molecule has 1 amide bonds. The molecule has 2 N–H and O–H groups in total. The summed E-state index contributed by atoms with van der Waals surface area (Å²) in [6, 6.07) is 13.3. The lowest BCUT2D eigenvalue weighted by Crippen LogP contribution is -2.36. The number of carbonyl (C=O) groups is 2. The number of carbonyl (C=O) groups excluding carboxylic acids is 2. The van der Waals surface area contributed by atoms with Crippen LogP contribution in [0.15, 0.2) is 53.4 Å². The molecule has 0 unspecified atom stereocenters. The molecule has 0 saturated carbocycles. The van der Waals surface area contributed by atoms with Crippen molar-refractivity contribution in [2.75, 3.05) is 11.9 Å². The van der Waals surface area contributed by atoms with Crippen molar-refractivity contribution in [2.24, 2.45) is 0 Å². The molecule has 27 heavy (non-hydrogen) atoms. The van der Waals surface area contributed by atoms with Crippen LogP contribution in [0, 0.1) is 13.8 Å². The van der Waals surface area contributed by atoms with Gasteiger partial charge in [0, 0.05) is 5.69 Å². The van der Waals surface area contributed by atoms with Crippen LogP contribution in [0.5, 0.6) is 0 Å². The highest BCUT2D eigenvalue weighted by Gasteiger charge is 2.21. The van der Waals surface area contributed by atoms with Gasteiger partial charge in [0.1, 0.15) is 6.54 Å². The predicted molar refractivity (Wildman–Crippen MR) is 102 cm³/mol. The Bertz CT molecular complexity index is 906. The Morgan fingerprint density at radius 2 is 1.59 bits per heavy atom. The van der Waals surface area contributed by atoms with E-state index in [2.05, 4.69) is 10.0 Å². The Morgan fingerprint density at radius 1 is 1.00 bits per heavy atom. The number of benzene rings is 2. The van der Waals surface area contributed by atoms with E-state index >= 15 is 0 Å². The van der Waals surface area contributed by atoms with Gasteiger partial charge < -0.3 is 10.1 Å². The molecule has 0 radical (unpaired) electrons. The minimum absolute atomic E-state index is 0.0404. The number of para-hydroxylation sites is 1. The molecule has 0 fully saturated rings. The molecule has 0 saturated heterocycles. The third-order valence-corrected chi connectivity index (χ3v) is 5.28. The molecule has 0 bridgehead atoms. The molecule has 0 aliphatic rings. The Kier molecular flexibility index (Phi) is 6.70. The number of esters is 1. The van der Waals surface area contributed by atoms with E-state index in [-0.39, 0.29) is 4.90 Å². The number of hydrogen-bond donors (Lipinski definition) is 2. The zero-order valence-corrected chi connectivity index (χ0v) is 16.2. The number of sulfonamides is 1. The van der Waals surface area contributed by atoms with Crippen molar-refractivity contribution in [1.29, 1.82) is 0 Å². The smallest absolute Gasteiger partial charge is 0.321 e. The summed E-state index contributed by atoms with van der Waals surface area (Å²) in [5.41, 5.74) is 2.44. The molecule has 2 rings (SSSR count). The van der Waals surface area contributed by atoms with Crippen molar-refractivity contribution in [2.45, 2.75) is 31.8 Å². The minimum atomic E-state index is -3.82. The summed E-state index contributed by atoms with van der Waals surface area (Å²) in [6.45, 7) is 4.57. The maximum absolute atomic E-state index is 12.2. The number of aryl methyl sites for hydroxylation is 2. The van der Waals surface area contributed by atoms with Crippen molar-refractivity contribution >= 4 is 27.6 Å². The fourth-order valence-electron chi connectivity index (χ4n) is 2.37. The van der Waals surface area contributed by atoms with Gasteiger partial charge in [-0.05, 0) is 44.0 Å². The van der Waals surface area contributed by atoms with Crippen LogP contribution in [0.2, 0.25) is 0 Å². The van der Waals surface area contributed by atoms with Crippen LogP contribution in [0.3, 0.4) is 0 Å². The first kappa shape index (κ1) is 20.6. The van der Waals surface area contributed by atoms with Crippen LogP contribution < -0.4 is 10.0 Å². The third kappa shape index (κ3) is 5.63. The lowest BCUT2D eigenvalue weighted by atomic mass is 10.1. The Labute approximate surface area is 158 Å². The maximum Gasteiger partial charge on any atom is 0.321 e. The van der Waals surface area contributed by atoms with Crippen molar-refractivity contribution < 1.29 is 22.7 Å². The van der Waals surface area contributed by atoms with E-state index in [1.807, 2.05) is 32.0 Å². The van der Waals surface area contributed by atoms with E-state index in [9.17, 15) is 18.0 Å². The second-order valence-corrected chi connectivity index (χ2v) is 7.79. The van der Waals surface area contributed by atoms with Crippen molar-refractivity contribution in [3.8, 4) is 0 Å². The topological polar surface area (TPSA) is 102 Å². The monoisotopic (exact) mass is 390 g/mol. The van der Waals surface area contributed by atoms with Gasteiger partial charge in [-0.3, -0.25) is 9.59 Å². The number of nitrogens with one attached hydrogen (secondary N) is 2. The summed E-state index contributed by atoms with van der Waals surface area (Å²) in [7, 11) is -3.82. The zero-order chi connectivity index (χ0) is 20.0. The average Bonchev–Trinajstić information content (AvgIpc) is 2.64. The fourth-order valence-corrected chi connectivity index (χ4v) is 3.36. The molecular formula is C19H22N2O5S. The number of hydrogen-bond acceptors (Lipinski definition) is 5. The van der Waals surface area contributed by atoms with Gasteiger partial charge in [0.25, 0.3) is 5.91 Å². The van der Waals surface area contributed by atoms with Crippen molar-refractivity contribution in [3.63, 3.8) is 0 Å². The van der Waals surface area contributed by atoms with Crippen molar-refractivity contribution in [1.82, 2.24) is 4.72 Å². The molecule has 7 nitrogen and oxygen atoms in total. The van der Waals surface area contributed by atoms with E-state index in [1.54, 1.807) is 18.2 Å². The zero-order valence-electron chi connectivity index (χ0n) is 15.4. The first-order valence-corrected chi connectivity index (χ1v) is 9.80. The first-order chi connectivity index (χ1) is 12.7. The lowest BCUT2D eigenvalue weighted by Gasteiger charge is -2.16. The summed E-state index contributed by atoms with van der Waals surface area (Å²) in [4.78, 5) is 24.2. The quantitative estimate of drug-likeness (QED) is 0.706. The number of amides is 1. The Morgan fingerprint density at radius 3 is 2.19 bits per heavy atom. The standard InChI is InChI=1S/C19H22N2O5S/c1-13-8-7-9-14(2)18(13)21-19(23)15(3)26-17(22)12-20-27(24,25)16-10-5-4-6-11-16/h4-11,15,20H,12H2,1-3H3,(H,21,23)/t15-/m0/s1. The van der Waals surface area contributed by atoms with Crippen LogP contribution in [0.4, 0.5) is 5.69 Å². The van der Waals surface area contributed by atoms with E-state index in [4.69, 9.17) is 4.74 Å². The molecule has 0 aromatic heterocycles. The van der Waals surface area contributed by atoms with Gasteiger partial charge in [0.2, 0.25) is 10.0 Å². The van der Waals surface area contributed by atoms with Crippen LogP contribution in [-0.2, 0) is 24.3 Å². The van der Waals surface area contributed by atoms with E-state index in [0.717, 1.165) is 11.1 Å². The molecular weight excluding hydrogens is 368 g/mol. The van der Waals surface area contributed by atoms with Gasteiger partial charge in [0.05, 0.1) is 4.90 Å². The van der Waals surface area contributed by atoms with Gasteiger partial charge >= 0.3 is 5.97 Å². The van der Waals surface area contributed by atoms with Gasteiger partial charge in [-0.2, -0.15) is 4.72 Å². The summed E-state index contributed by atoms with van der Waals surface area (Å²) in [5, 5.41) is 2.73. The normalized spacial score (nSPS) is 12.3. The molecule has 2 aromatic carbocycles. The average molecular weight is 390 g/mol. The molecule has 0 aliphatic heterocycles. The fraction of sp³-hybridized carbons (Fsp3) is 0.263. The van der Waals surface area contributed by atoms with Gasteiger partial charge in [0.15, 0.2) is 6.10 Å². The van der Waals surface area contributed by atoms with Gasteiger partial charge in [-0.15, -0.1) is 0 Å². The highest BCUT2D eigenvalue weighted by molar-refractivity contribution is 7.89. The molecule has 0 aliphatic carbocycles. The van der Waals surface area contributed by atoms with Crippen LogP contribution in [-0.4, -0.2) is 32.9 Å². The molecule has 0 spiro atoms. The summed E-state index contributed by atoms with van der Waals surface area (Å²) >= 11 is 0. The molecule has 8 heteroatoms. The van der Waals surface area contributed by atoms with Crippen LogP contribution >= 0.6 is 0 Å². The summed E-state index contributed by atoms with van der Waals surface area (Å²) in [6.07, 6.45) is -1.07. The van der Waals surface area contributed by atoms with Gasteiger partial charge in [-0.1, -0.05) is 36.4 Å². The number of anilines is 1. The van der Waals surface area contributed by atoms with E-state index < -0.39 is 34.5 Å². The highest BCUT2D eigenvalue weighted by atomic mass is 32.2. The number of rotatable bonds is 7. The second kappa shape index (κ2) is 8.79. The largest absolute Gasteiger partial charge is 0.452 e. The van der Waals surface area contributed by atoms with Crippen molar-refractivity contribution in [3.05, 3.63) is 59.7 Å². The van der Waals surface area contributed by atoms with Crippen LogP contribution in [0.1, 0.15) is 18.1 Å². The molecule has 2 aromatic rings. The van der Waals surface area contributed by atoms with Gasteiger partial charge in [-0.25, -0.2) is 8.42 Å². The lowest BCUT2D eigenvalue weighted by molar-refractivity contribution is -0.151. The Balaban J connectivity index is 1.90. The minimum Gasteiger partial charge on any atom is -0.452 e. The maximum atomic E-state index is 12.2. The predicted octanol–water partition coefficient (Wildman–Crippen LogP) is 2.15. The molecule has 144 valence electrons. The molecule has 1 atom stereocenters. The second-order valence-electron chi connectivity index (χ2n) is 6.03. The summed E-state index contributed by atoms with van der Waals surface area (Å²) < 4.78 is 31.3. The SMILES string of the molecule is Cc1cccc(C)c1NC(=O)[C@H](C)OC(=O)CNS(=O)(=O)c1ccccc1. The van der Waals surface area contributed by atoms with E-state index in [1.165, 1.54) is 19.1 Å².